The summed E-state index contributed by atoms with van der Waals surface area (Å²) in [5, 5.41) is 3.36. The molecule has 1 aromatic carbocycles. The maximum atomic E-state index is 12.6. The van der Waals surface area contributed by atoms with E-state index in [9.17, 15) is 8.78 Å². The summed E-state index contributed by atoms with van der Waals surface area (Å²) in [6, 6.07) is 5.08. The number of ether oxygens (including phenoxy) is 3. The van der Waals surface area contributed by atoms with Crippen molar-refractivity contribution in [2.75, 3.05) is 46.5 Å². The Morgan fingerprint density at radius 3 is 2.83 bits per heavy atom. The quantitative estimate of drug-likeness (QED) is 0.336. The minimum Gasteiger partial charge on any atom is -0.493 e. The molecule has 1 atom stereocenters. The van der Waals surface area contributed by atoms with Gasteiger partial charge in [-0.1, -0.05) is 6.07 Å². The molecule has 29 heavy (non-hydrogen) atoms. The standard InChI is InChI=1S/C20H29F2N3O3.HI/c1-3-23-19(25-10-7-20(13-25)8-11-27-14-20)24-9-6-15-4-5-16(26-2)17(12-15)28-18(21)22;/h4-5,12,18H,3,6-11,13-14H2,1-2H3,(H,23,24);1H. The Bertz CT molecular complexity index is 685. The van der Waals surface area contributed by atoms with Crippen molar-refractivity contribution in [2.45, 2.75) is 32.8 Å². The monoisotopic (exact) mass is 525 g/mol. The number of guanidine groups is 1. The largest absolute Gasteiger partial charge is 0.493 e. The summed E-state index contributed by atoms with van der Waals surface area (Å²) in [5.41, 5.74) is 1.14. The molecule has 1 aromatic rings. The second-order valence-electron chi connectivity index (χ2n) is 7.32. The van der Waals surface area contributed by atoms with Gasteiger partial charge in [-0.15, -0.1) is 24.0 Å². The number of halogens is 3. The van der Waals surface area contributed by atoms with Crippen LogP contribution in [0.4, 0.5) is 8.78 Å². The topological polar surface area (TPSA) is 55.3 Å². The molecule has 9 heteroatoms. The molecule has 2 fully saturated rings. The lowest BCUT2D eigenvalue weighted by Crippen LogP contribution is -2.41. The number of alkyl halides is 2. The molecule has 6 nitrogen and oxygen atoms in total. The number of hydrogen-bond donors (Lipinski definition) is 1. The van der Waals surface area contributed by atoms with E-state index >= 15 is 0 Å². The molecule has 0 radical (unpaired) electrons. The van der Waals surface area contributed by atoms with Crippen LogP contribution in [0, 0.1) is 5.41 Å². The van der Waals surface area contributed by atoms with Gasteiger partial charge in [0.1, 0.15) is 0 Å². The molecule has 1 spiro atoms. The first-order chi connectivity index (χ1) is 13.5. The third-order valence-electron chi connectivity index (χ3n) is 5.36. The Morgan fingerprint density at radius 1 is 1.34 bits per heavy atom. The van der Waals surface area contributed by atoms with E-state index in [4.69, 9.17) is 14.5 Å². The molecule has 0 bridgehead atoms. The third-order valence-corrected chi connectivity index (χ3v) is 5.36. The van der Waals surface area contributed by atoms with Crippen LogP contribution in [0.5, 0.6) is 11.5 Å². The third kappa shape index (κ3) is 6.31. The minimum absolute atomic E-state index is 0. The smallest absolute Gasteiger partial charge is 0.387 e. The zero-order valence-electron chi connectivity index (χ0n) is 17.0. The van der Waals surface area contributed by atoms with E-state index in [1.165, 1.54) is 7.11 Å². The molecule has 0 amide bonds. The van der Waals surface area contributed by atoms with Gasteiger partial charge >= 0.3 is 6.61 Å². The Morgan fingerprint density at radius 2 is 2.17 bits per heavy atom. The Kier molecular flexibility index (Phi) is 9.19. The first kappa shape index (κ1) is 23.9. The average molecular weight is 525 g/mol. The number of hydrogen-bond acceptors (Lipinski definition) is 4. The maximum Gasteiger partial charge on any atom is 0.387 e. The summed E-state index contributed by atoms with van der Waals surface area (Å²) < 4.78 is 40.4. The summed E-state index contributed by atoms with van der Waals surface area (Å²) in [7, 11) is 1.43. The van der Waals surface area contributed by atoms with Gasteiger partial charge in [-0.2, -0.15) is 8.78 Å². The van der Waals surface area contributed by atoms with E-state index in [0.29, 0.717) is 18.7 Å². The first-order valence-electron chi connectivity index (χ1n) is 9.78. The van der Waals surface area contributed by atoms with Crippen LogP contribution in [-0.4, -0.2) is 64.0 Å². The molecule has 2 aliphatic rings. The van der Waals surface area contributed by atoms with Crippen LogP contribution in [0.3, 0.4) is 0 Å². The highest BCUT2D eigenvalue weighted by molar-refractivity contribution is 14.0. The fourth-order valence-electron chi connectivity index (χ4n) is 3.87. The lowest BCUT2D eigenvalue weighted by Gasteiger charge is -2.25. The van der Waals surface area contributed by atoms with Crippen LogP contribution in [0.25, 0.3) is 0 Å². The number of rotatable bonds is 7. The predicted molar refractivity (Wildman–Crippen MR) is 119 cm³/mol. The van der Waals surface area contributed by atoms with Crippen molar-refractivity contribution in [3.8, 4) is 11.5 Å². The van der Waals surface area contributed by atoms with E-state index in [0.717, 1.165) is 57.2 Å². The number of methoxy groups -OCH3 is 1. The molecular formula is C20H30F2IN3O3. The molecule has 0 saturated carbocycles. The van der Waals surface area contributed by atoms with Gasteiger partial charge < -0.3 is 24.4 Å². The summed E-state index contributed by atoms with van der Waals surface area (Å²) >= 11 is 0. The van der Waals surface area contributed by atoms with E-state index in [1.54, 1.807) is 12.1 Å². The van der Waals surface area contributed by atoms with Crippen LogP contribution in [0.1, 0.15) is 25.3 Å². The van der Waals surface area contributed by atoms with E-state index in [-0.39, 0.29) is 35.1 Å². The van der Waals surface area contributed by atoms with Gasteiger partial charge in [0.2, 0.25) is 0 Å². The summed E-state index contributed by atoms with van der Waals surface area (Å²) in [5.74, 6) is 1.25. The highest BCUT2D eigenvalue weighted by Gasteiger charge is 2.42. The van der Waals surface area contributed by atoms with Gasteiger partial charge in [-0.3, -0.25) is 4.99 Å². The first-order valence-corrected chi connectivity index (χ1v) is 9.78. The van der Waals surface area contributed by atoms with E-state index < -0.39 is 6.61 Å². The van der Waals surface area contributed by atoms with Crippen LogP contribution in [-0.2, 0) is 11.2 Å². The van der Waals surface area contributed by atoms with E-state index in [2.05, 4.69) is 21.9 Å². The molecule has 2 aliphatic heterocycles. The fraction of sp³-hybridized carbons (Fsp3) is 0.650. The second-order valence-corrected chi connectivity index (χ2v) is 7.32. The van der Waals surface area contributed by atoms with Gasteiger partial charge in [0, 0.05) is 38.2 Å². The van der Waals surface area contributed by atoms with Crippen molar-refractivity contribution in [3.63, 3.8) is 0 Å². The van der Waals surface area contributed by atoms with Gasteiger partial charge in [0.15, 0.2) is 17.5 Å². The highest BCUT2D eigenvalue weighted by atomic mass is 127. The molecule has 2 saturated heterocycles. The van der Waals surface area contributed by atoms with E-state index in [1.807, 2.05) is 6.07 Å². The molecule has 1 N–H and O–H groups in total. The van der Waals surface area contributed by atoms with Gasteiger partial charge in [-0.05, 0) is 43.9 Å². The van der Waals surface area contributed by atoms with Crippen molar-refractivity contribution in [3.05, 3.63) is 23.8 Å². The fourth-order valence-corrected chi connectivity index (χ4v) is 3.87. The molecule has 1 unspecified atom stereocenters. The van der Waals surface area contributed by atoms with Gasteiger partial charge in [0.05, 0.1) is 13.7 Å². The van der Waals surface area contributed by atoms with Crippen LogP contribution in [0.15, 0.2) is 23.2 Å². The Labute approximate surface area is 188 Å². The second kappa shape index (κ2) is 11.1. The lowest BCUT2D eigenvalue weighted by atomic mass is 9.87. The number of nitrogens with zero attached hydrogens (tertiary/aromatic N) is 2. The summed E-state index contributed by atoms with van der Waals surface area (Å²) in [6.07, 6.45) is 2.87. The van der Waals surface area contributed by atoms with Crippen molar-refractivity contribution >= 4 is 29.9 Å². The summed E-state index contributed by atoms with van der Waals surface area (Å²) in [6.45, 7) is 4.15. The Hall–Kier alpha value is -1.36. The van der Waals surface area contributed by atoms with Gasteiger partial charge in [0.25, 0.3) is 0 Å². The van der Waals surface area contributed by atoms with Crippen molar-refractivity contribution in [1.29, 1.82) is 0 Å². The van der Waals surface area contributed by atoms with Gasteiger partial charge in [-0.25, -0.2) is 0 Å². The lowest BCUT2D eigenvalue weighted by molar-refractivity contribution is -0.0512. The summed E-state index contributed by atoms with van der Waals surface area (Å²) in [4.78, 5) is 7.05. The zero-order valence-corrected chi connectivity index (χ0v) is 19.3. The predicted octanol–water partition coefficient (Wildman–Crippen LogP) is 3.54. The van der Waals surface area contributed by atoms with Crippen LogP contribution >= 0.6 is 24.0 Å². The molecule has 0 aromatic heterocycles. The zero-order chi connectivity index (χ0) is 20.0. The molecule has 0 aliphatic carbocycles. The number of aliphatic imine (C=N–C) groups is 1. The number of nitrogens with one attached hydrogen (secondary N) is 1. The normalized spacial score (nSPS) is 21.6. The average Bonchev–Trinajstić information content (AvgIpc) is 3.31. The molecule has 3 rings (SSSR count). The highest BCUT2D eigenvalue weighted by Crippen LogP contribution is 2.38. The number of likely N-dealkylation sites (tertiary alicyclic amines) is 1. The molecule has 2 heterocycles. The van der Waals surface area contributed by atoms with Crippen LogP contribution in [0.2, 0.25) is 0 Å². The maximum absolute atomic E-state index is 12.6. The van der Waals surface area contributed by atoms with Crippen molar-refractivity contribution in [2.24, 2.45) is 10.4 Å². The van der Waals surface area contributed by atoms with Crippen molar-refractivity contribution in [1.82, 2.24) is 10.2 Å². The van der Waals surface area contributed by atoms with Crippen LogP contribution < -0.4 is 14.8 Å². The molecular weight excluding hydrogens is 495 g/mol. The SMILES string of the molecule is CCNC(=NCCc1ccc(OC)c(OC(F)F)c1)N1CCC2(CCOC2)C1.I. The molecule has 164 valence electrons. The van der Waals surface area contributed by atoms with Crippen molar-refractivity contribution < 1.29 is 23.0 Å². The number of benzene rings is 1. The minimum atomic E-state index is -2.88. The Balaban J connectivity index is 0.00000300.